The van der Waals surface area contributed by atoms with Crippen molar-refractivity contribution in [2.75, 3.05) is 0 Å². The number of unbranched alkanes of at least 4 members (excludes halogenated alkanes) is 1. The first-order valence-corrected chi connectivity index (χ1v) is 8.99. The van der Waals surface area contributed by atoms with Gasteiger partial charge in [0.15, 0.2) is 5.69 Å². The van der Waals surface area contributed by atoms with Crippen LogP contribution in [-0.2, 0) is 6.54 Å². The van der Waals surface area contributed by atoms with Crippen molar-refractivity contribution in [1.82, 2.24) is 15.0 Å². The molecule has 0 aromatic carbocycles. The van der Waals surface area contributed by atoms with Gasteiger partial charge in [0.25, 0.3) is 0 Å². The smallest absolute Gasteiger partial charge is 0.186 e. The fourth-order valence-corrected chi connectivity index (χ4v) is 3.57. The third-order valence-electron chi connectivity index (χ3n) is 5.00. The van der Waals surface area contributed by atoms with E-state index in [1.165, 1.54) is 44.9 Å². The Bertz CT molecular complexity index is 490. The van der Waals surface area contributed by atoms with Crippen LogP contribution in [0.5, 0.6) is 0 Å². The van der Waals surface area contributed by atoms with Gasteiger partial charge in [0.2, 0.25) is 0 Å². The number of nitrogens with zero attached hydrogens (tertiary/aromatic N) is 4. The van der Waals surface area contributed by atoms with Crippen LogP contribution in [0.25, 0.3) is 0 Å². The van der Waals surface area contributed by atoms with Crippen LogP contribution >= 0.6 is 0 Å². The van der Waals surface area contributed by atoms with E-state index in [0.29, 0.717) is 17.5 Å². The molecule has 1 aromatic heterocycles. The van der Waals surface area contributed by atoms with Crippen molar-refractivity contribution >= 4 is 0 Å². The quantitative estimate of drug-likeness (QED) is 0.736. The Hall–Kier alpha value is -1.37. The topological polar surface area (TPSA) is 54.5 Å². The third kappa shape index (κ3) is 4.32. The van der Waals surface area contributed by atoms with Crippen molar-refractivity contribution in [2.24, 2.45) is 11.8 Å². The normalized spacial score (nSPS) is 22.0. The summed E-state index contributed by atoms with van der Waals surface area (Å²) in [6.45, 7) is 7.60. The fraction of sp³-hybridized carbons (Fsp3) is 0.833. The molecule has 1 fully saturated rings. The maximum atomic E-state index is 9.34. The molecule has 0 unspecified atom stereocenters. The first-order valence-electron chi connectivity index (χ1n) is 8.99. The summed E-state index contributed by atoms with van der Waals surface area (Å²) in [4.78, 5) is 0. The summed E-state index contributed by atoms with van der Waals surface area (Å²) in [5.74, 6) is 2.02. The molecule has 122 valence electrons. The minimum Gasteiger partial charge on any atom is -0.248 e. The largest absolute Gasteiger partial charge is 0.248 e. The zero-order valence-corrected chi connectivity index (χ0v) is 14.4. The maximum absolute atomic E-state index is 9.34. The van der Waals surface area contributed by atoms with E-state index in [4.69, 9.17) is 0 Å². The summed E-state index contributed by atoms with van der Waals surface area (Å²) >= 11 is 0. The van der Waals surface area contributed by atoms with E-state index in [2.05, 4.69) is 37.2 Å². The van der Waals surface area contributed by atoms with Crippen molar-refractivity contribution in [3.8, 4) is 6.07 Å². The highest BCUT2D eigenvalue weighted by Gasteiger charge is 2.27. The summed E-state index contributed by atoms with van der Waals surface area (Å²) < 4.78 is 2.01. The van der Waals surface area contributed by atoms with Gasteiger partial charge in [-0.25, -0.2) is 4.68 Å². The second kappa shape index (κ2) is 8.31. The molecule has 1 aliphatic carbocycles. The Labute approximate surface area is 134 Å². The van der Waals surface area contributed by atoms with E-state index in [1.54, 1.807) is 0 Å². The van der Waals surface area contributed by atoms with Crippen LogP contribution in [0.2, 0.25) is 0 Å². The van der Waals surface area contributed by atoms with Gasteiger partial charge in [0, 0.05) is 12.5 Å². The first-order chi connectivity index (χ1) is 10.7. The number of hydrogen-bond acceptors (Lipinski definition) is 3. The molecule has 0 radical (unpaired) electrons. The van der Waals surface area contributed by atoms with Crippen LogP contribution in [0.3, 0.4) is 0 Å². The van der Waals surface area contributed by atoms with E-state index in [1.807, 2.05) is 4.68 Å². The molecule has 0 spiro atoms. The van der Waals surface area contributed by atoms with Crippen molar-refractivity contribution < 1.29 is 0 Å². The number of hydrogen-bond donors (Lipinski definition) is 0. The lowest BCUT2D eigenvalue weighted by atomic mass is 9.78. The summed E-state index contributed by atoms with van der Waals surface area (Å²) in [6.07, 6.45) is 10.1. The summed E-state index contributed by atoms with van der Waals surface area (Å²) in [5, 5.41) is 17.7. The lowest BCUT2D eigenvalue weighted by Gasteiger charge is -2.28. The van der Waals surface area contributed by atoms with Crippen LogP contribution in [-0.4, -0.2) is 15.0 Å². The molecule has 0 aliphatic heterocycles. The van der Waals surface area contributed by atoms with Crippen molar-refractivity contribution in [3.05, 3.63) is 11.4 Å². The predicted octanol–water partition coefficient (Wildman–Crippen LogP) is 4.66. The molecule has 4 heteroatoms. The Morgan fingerprint density at radius 2 is 2.00 bits per heavy atom. The minimum absolute atomic E-state index is 0.481. The van der Waals surface area contributed by atoms with Gasteiger partial charge < -0.3 is 0 Å². The number of nitriles is 1. The monoisotopic (exact) mass is 302 g/mol. The molecule has 0 saturated heterocycles. The highest BCUT2D eigenvalue weighted by Crippen LogP contribution is 2.38. The molecule has 1 saturated carbocycles. The van der Waals surface area contributed by atoms with Crippen LogP contribution in [0.15, 0.2) is 0 Å². The summed E-state index contributed by atoms with van der Waals surface area (Å²) in [5.41, 5.74) is 1.66. The highest BCUT2D eigenvalue weighted by molar-refractivity contribution is 5.28. The zero-order chi connectivity index (χ0) is 15.9. The lowest BCUT2D eigenvalue weighted by molar-refractivity contribution is 0.294. The van der Waals surface area contributed by atoms with Gasteiger partial charge in [-0.1, -0.05) is 45.2 Å². The van der Waals surface area contributed by atoms with Gasteiger partial charge in [-0.05, 0) is 43.9 Å². The second-order valence-corrected chi connectivity index (χ2v) is 7.20. The van der Waals surface area contributed by atoms with Crippen LogP contribution in [0.1, 0.15) is 89.4 Å². The second-order valence-electron chi connectivity index (χ2n) is 7.20. The molecule has 4 nitrogen and oxygen atoms in total. The minimum atomic E-state index is 0.481. The molecule has 0 amide bonds. The lowest BCUT2D eigenvalue weighted by Crippen LogP contribution is -2.18. The molecule has 0 atom stereocenters. The average Bonchev–Trinajstić information content (AvgIpc) is 2.94. The first kappa shape index (κ1) is 17.0. The Kier molecular flexibility index (Phi) is 6.42. The van der Waals surface area contributed by atoms with Gasteiger partial charge >= 0.3 is 0 Å². The van der Waals surface area contributed by atoms with Crippen LogP contribution in [0.4, 0.5) is 0 Å². The molecule has 1 aliphatic rings. The predicted molar refractivity (Wildman–Crippen MR) is 88.4 cm³/mol. The Balaban J connectivity index is 2.02. The van der Waals surface area contributed by atoms with E-state index in [9.17, 15) is 5.26 Å². The molecule has 1 heterocycles. The maximum Gasteiger partial charge on any atom is 0.186 e. The van der Waals surface area contributed by atoms with Gasteiger partial charge in [0.1, 0.15) is 6.07 Å². The van der Waals surface area contributed by atoms with E-state index in [-0.39, 0.29) is 0 Å². The molecule has 2 rings (SSSR count). The van der Waals surface area contributed by atoms with Crippen molar-refractivity contribution in [2.45, 2.75) is 84.6 Å². The average molecular weight is 302 g/mol. The number of rotatable bonds is 7. The third-order valence-corrected chi connectivity index (χ3v) is 5.00. The fourth-order valence-electron chi connectivity index (χ4n) is 3.57. The number of aryl methyl sites for hydroxylation is 1. The van der Waals surface area contributed by atoms with Crippen LogP contribution in [0, 0.1) is 23.2 Å². The standard InChI is InChI=1S/C18H30N4/c1-4-5-6-15-7-9-16(10-8-15)18-17(13-19)20-21-22(18)12-11-14(2)3/h14-16H,4-12H2,1-3H3. The van der Waals surface area contributed by atoms with E-state index < -0.39 is 0 Å². The molecule has 1 aromatic rings. The summed E-state index contributed by atoms with van der Waals surface area (Å²) in [6, 6.07) is 2.25. The molecule has 22 heavy (non-hydrogen) atoms. The van der Waals surface area contributed by atoms with E-state index in [0.717, 1.165) is 24.6 Å². The Morgan fingerprint density at radius 3 is 2.59 bits per heavy atom. The Morgan fingerprint density at radius 1 is 1.27 bits per heavy atom. The van der Waals surface area contributed by atoms with Crippen molar-refractivity contribution in [3.63, 3.8) is 0 Å². The summed E-state index contributed by atoms with van der Waals surface area (Å²) in [7, 11) is 0. The van der Waals surface area contributed by atoms with Gasteiger partial charge in [-0.3, -0.25) is 0 Å². The zero-order valence-electron chi connectivity index (χ0n) is 14.4. The molecule has 0 bridgehead atoms. The molecule has 0 N–H and O–H groups in total. The van der Waals surface area contributed by atoms with Crippen LogP contribution < -0.4 is 0 Å². The van der Waals surface area contributed by atoms with Gasteiger partial charge in [-0.2, -0.15) is 5.26 Å². The molecular formula is C18H30N4. The van der Waals surface area contributed by atoms with Gasteiger partial charge in [-0.15, -0.1) is 5.10 Å². The molecular weight excluding hydrogens is 272 g/mol. The SMILES string of the molecule is CCCCC1CCC(c2c(C#N)nnn2CCC(C)C)CC1. The highest BCUT2D eigenvalue weighted by atomic mass is 15.4. The number of aromatic nitrogens is 3. The van der Waals surface area contributed by atoms with Gasteiger partial charge in [0.05, 0.1) is 5.69 Å². The van der Waals surface area contributed by atoms with E-state index >= 15 is 0 Å². The van der Waals surface area contributed by atoms with Crippen molar-refractivity contribution in [1.29, 1.82) is 5.26 Å².